The van der Waals surface area contributed by atoms with Crippen molar-refractivity contribution in [3.8, 4) is 0 Å². The number of amides is 1. The molecule has 18 heavy (non-hydrogen) atoms. The summed E-state index contributed by atoms with van der Waals surface area (Å²) in [6.45, 7) is 8.98. The summed E-state index contributed by atoms with van der Waals surface area (Å²) in [7, 11) is 1.89. The van der Waals surface area contributed by atoms with Gasteiger partial charge in [-0.1, -0.05) is 0 Å². The Bertz CT molecular complexity index is 274. The third-order valence-corrected chi connectivity index (χ3v) is 1.94. The molecule has 0 radical (unpaired) electrons. The van der Waals surface area contributed by atoms with Crippen molar-refractivity contribution >= 4 is 12.1 Å². The molecule has 0 spiro atoms. The maximum atomic E-state index is 11.3. The number of nitrogens with one attached hydrogen (secondary N) is 1. The molecule has 0 aliphatic rings. The van der Waals surface area contributed by atoms with Crippen LogP contribution in [0.5, 0.6) is 0 Å². The van der Waals surface area contributed by atoms with Gasteiger partial charge >= 0.3 is 12.1 Å². The second-order valence-corrected chi connectivity index (χ2v) is 5.07. The molecule has 0 aliphatic carbocycles. The molecule has 1 amide bonds. The second kappa shape index (κ2) is 7.92. The van der Waals surface area contributed by atoms with E-state index < -0.39 is 11.7 Å². The number of hydrogen-bond donors (Lipinski definition) is 1. The number of esters is 1. The summed E-state index contributed by atoms with van der Waals surface area (Å²) in [6, 6.07) is 0. The molecule has 0 aromatic carbocycles. The van der Waals surface area contributed by atoms with Crippen LogP contribution >= 0.6 is 0 Å². The maximum Gasteiger partial charge on any atom is 0.407 e. The van der Waals surface area contributed by atoms with Gasteiger partial charge in [0.15, 0.2) is 0 Å². The Morgan fingerprint density at radius 1 is 1.22 bits per heavy atom. The van der Waals surface area contributed by atoms with E-state index in [0.29, 0.717) is 26.2 Å². The molecule has 1 N–H and O–H groups in total. The fourth-order valence-electron chi connectivity index (χ4n) is 1.12. The SMILES string of the molecule is CC(=O)OCCN(C)CCNC(=O)OC(C)(C)C. The number of rotatable bonds is 6. The topological polar surface area (TPSA) is 67.9 Å². The highest BCUT2D eigenvalue weighted by atomic mass is 16.6. The Morgan fingerprint density at radius 2 is 1.83 bits per heavy atom. The van der Waals surface area contributed by atoms with Crippen LogP contribution < -0.4 is 5.32 Å². The lowest BCUT2D eigenvalue weighted by molar-refractivity contribution is -0.141. The minimum absolute atomic E-state index is 0.282. The predicted molar refractivity (Wildman–Crippen MR) is 68.4 cm³/mol. The Balaban J connectivity index is 3.59. The van der Waals surface area contributed by atoms with E-state index in [4.69, 9.17) is 9.47 Å². The minimum atomic E-state index is -0.481. The van der Waals surface area contributed by atoms with Crippen LogP contribution in [0.4, 0.5) is 4.79 Å². The average Bonchev–Trinajstić information content (AvgIpc) is 2.13. The number of nitrogens with zero attached hydrogens (tertiary/aromatic N) is 1. The molecule has 0 saturated heterocycles. The van der Waals surface area contributed by atoms with Crippen LogP contribution in [0.3, 0.4) is 0 Å². The first kappa shape index (κ1) is 16.7. The molecule has 0 aliphatic heterocycles. The maximum absolute atomic E-state index is 11.3. The van der Waals surface area contributed by atoms with E-state index in [9.17, 15) is 9.59 Å². The fourth-order valence-corrected chi connectivity index (χ4v) is 1.12. The van der Waals surface area contributed by atoms with Crippen LogP contribution in [0.2, 0.25) is 0 Å². The van der Waals surface area contributed by atoms with Crippen LogP contribution in [0.1, 0.15) is 27.7 Å². The molecule has 0 aromatic heterocycles. The van der Waals surface area contributed by atoms with Gasteiger partial charge in [0.2, 0.25) is 0 Å². The standard InChI is InChI=1S/C12H24N2O4/c1-10(15)17-9-8-14(5)7-6-13-11(16)18-12(2,3)4/h6-9H2,1-5H3,(H,13,16). The van der Waals surface area contributed by atoms with Crippen LogP contribution in [-0.2, 0) is 14.3 Å². The highest BCUT2D eigenvalue weighted by molar-refractivity contribution is 5.67. The lowest BCUT2D eigenvalue weighted by atomic mass is 10.2. The molecule has 6 heteroatoms. The molecule has 0 saturated carbocycles. The van der Waals surface area contributed by atoms with E-state index >= 15 is 0 Å². The van der Waals surface area contributed by atoms with Crippen molar-refractivity contribution in [1.82, 2.24) is 10.2 Å². The van der Waals surface area contributed by atoms with Gasteiger partial charge in [0, 0.05) is 26.6 Å². The van der Waals surface area contributed by atoms with Gasteiger partial charge in [-0.3, -0.25) is 4.79 Å². The van der Waals surface area contributed by atoms with Gasteiger partial charge in [-0.2, -0.15) is 0 Å². The zero-order valence-corrected chi connectivity index (χ0v) is 11.9. The van der Waals surface area contributed by atoms with Crippen LogP contribution in [-0.4, -0.2) is 55.9 Å². The van der Waals surface area contributed by atoms with Crippen molar-refractivity contribution in [2.24, 2.45) is 0 Å². The molecule has 0 fully saturated rings. The third-order valence-electron chi connectivity index (χ3n) is 1.94. The Morgan fingerprint density at radius 3 is 2.33 bits per heavy atom. The van der Waals surface area contributed by atoms with Gasteiger partial charge in [0.05, 0.1) is 0 Å². The second-order valence-electron chi connectivity index (χ2n) is 5.07. The van der Waals surface area contributed by atoms with E-state index in [-0.39, 0.29) is 5.97 Å². The van der Waals surface area contributed by atoms with E-state index in [0.717, 1.165) is 0 Å². The van der Waals surface area contributed by atoms with E-state index in [1.165, 1.54) is 6.92 Å². The molecule has 0 rings (SSSR count). The predicted octanol–water partition coefficient (Wildman–Crippen LogP) is 1.01. The minimum Gasteiger partial charge on any atom is -0.465 e. The van der Waals surface area contributed by atoms with Crippen molar-refractivity contribution in [2.75, 3.05) is 33.3 Å². The number of carbonyl (C=O) groups is 2. The summed E-state index contributed by atoms with van der Waals surface area (Å²) in [5.41, 5.74) is -0.481. The van der Waals surface area contributed by atoms with E-state index in [2.05, 4.69) is 5.32 Å². The molecule has 0 aromatic rings. The molecule has 0 bridgehead atoms. The van der Waals surface area contributed by atoms with E-state index in [1.807, 2.05) is 32.7 Å². The summed E-state index contributed by atoms with van der Waals surface area (Å²) < 4.78 is 9.91. The first-order chi connectivity index (χ1) is 8.20. The molecule has 0 heterocycles. The summed E-state index contributed by atoms with van der Waals surface area (Å²) in [5, 5.41) is 2.66. The average molecular weight is 260 g/mol. The van der Waals surface area contributed by atoms with Crippen LogP contribution in [0.25, 0.3) is 0 Å². The number of likely N-dealkylation sites (N-methyl/N-ethyl adjacent to an activating group) is 1. The summed E-state index contributed by atoms with van der Waals surface area (Å²) in [6.07, 6.45) is -0.420. The van der Waals surface area contributed by atoms with Crippen molar-refractivity contribution in [2.45, 2.75) is 33.3 Å². The number of ether oxygens (including phenoxy) is 2. The molecule has 0 atom stereocenters. The van der Waals surface area contributed by atoms with Gasteiger partial charge in [0.1, 0.15) is 12.2 Å². The summed E-state index contributed by atoms with van der Waals surface area (Å²) in [4.78, 5) is 23.8. The molecule has 6 nitrogen and oxygen atoms in total. The zero-order valence-electron chi connectivity index (χ0n) is 11.9. The van der Waals surface area contributed by atoms with Crippen molar-refractivity contribution in [3.05, 3.63) is 0 Å². The lowest BCUT2D eigenvalue weighted by Crippen LogP contribution is -2.37. The first-order valence-electron chi connectivity index (χ1n) is 5.99. The summed E-state index contributed by atoms with van der Waals surface area (Å²) >= 11 is 0. The van der Waals surface area contributed by atoms with Crippen molar-refractivity contribution < 1.29 is 19.1 Å². The Kier molecular flexibility index (Phi) is 7.35. The van der Waals surface area contributed by atoms with Gasteiger partial charge in [0.25, 0.3) is 0 Å². The first-order valence-corrected chi connectivity index (χ1v) is 5.99. The van der Waals surface area contributed by atoms with Crippen LogP contribution in [0, 0.1) is 0 Å². The van der Waals surface area contributed by atoms with E-state index in [1.54, 1.807) is 0 Å². The van der Waals surface area contributed by atoms with Crippen molar-refractivity contribution in [1.29, 1.82) is 0 Å². The smallest absolute Gasteiger partial charge is 0.407 e. The monoisotopic (exact) mass is 260 g/mol. The van der Waals surface area contributed by atoms with Gasteiger partial charge < -0.3 is 19.7 Å². The normalized spacial score (nSPS) is 11.2. The van der Waals surface area contributed by atoms with Gasteiger partial charge in [-0.25, -0.2) is 4.79 Å². The molecular formula is C12H24N2O4. The number of hydrogen-bond acceptors (Lipinski definition) is 5. The van der Waals surface area contributed by atoms with Gasteiger partial charge in [-0.05, 0) is 27.8 Å². The highest BCUT2D eigenvalue weighted by Crippen LogP contribution is 2.05. The highest BCUT2D eigenvalue weighted by Gasteiger charge is 2.15. The van der Waals surface area contributed by atoms with Crippen molar-refractivity contribution in [3.63, 3.8) is 0 Å². The lowest BCUT2D eigenvalue weighted by Gasteiger charge is -2.21. The Hall–Kier alpha value is -1.30. The summed E-state index contributed by atoms with van der Waals surface area (Å²) in [5.74, 6) is -0.282. The number of alkyl carbamates (subject to hydrolysis) is 1. The fraction of sp³-hybridized carbons (Fsp3) is 0.833. The zero-order chi connectivity index (χ0) is 14.2. The molecule has 106 valence electrons. The Labute approximate surface area is 109 Å². The van der Waals surface area contributed by atoms with Gasteiger partial charge in [-0.15, -0.1) is 0 Å². The van der Waals surface area contributed by atoms with Crippen LogP contribution in [0.15, 0.2) is 0 Å². The number of carbonyl (C=O) groups excluding carboxylic acids is 2. The molecular weight excluding hydrogens is 236 g/mol. The molecule has 0 unspecified atom stereocenters. The quantitative estimate of drug-likeness (QED) is 0.722. The third kappa shape index (κ3) is 11.2. The largest absolute Gasteiger partial charge is 0.465 e.